The third-order valence-corrected chi connectivity index (χ3v) is 6.18. The van der Waals surface area contributed by atoms with Gasteiger partial charge < -0.3 is 10.1 Å². The SMILES string of the molecule is CC(C)(C)NS(=O)(=O)c1ccc(Br)c(C(=O)NCCCOCC2CC2)c1. The summed E-state index contributed by atoms with van der Waals surface area (Å²) in [5.74, 6) is 0.416. The second-order valence-corrected chi connectivity index (χ2v) is 10.2. The molecule has 1 saturated carbocycles. The van der Waals surface area contributed by atoms with Gasteiger partial charge in [-0.25, -0.2) is 13.1 Å². The molecular formula is C18H27BrN2O4S. The van der Waals surface area contributed by atoms with Crippen molar-refractivity contribution in [1.29, 1.82) is 0 Å². The van der Waals surface area contributed by atoms with Crippen LogP contribution < -0.4 is 10.0 Å². The average molecular weight is 447 g/mol. The largest absolute Gasteiger partial charge is 0.381 e. The summed E-state index contributed by atoms with van der Waals surface area (Å²) in [6.07, 6.45) is 3.24. The van der Waals surface area contributed by atoms with Crippen LogP contribution >= 0.6 is 15.9 Å². The van der Waals surface area contributed by atoms with Crippen LogP contribution in [0, 0.1) is 5.92 Å². The molecule has 0 bridgehead atoms. The topological polar surface area (TPSA) is 84.5 Å². The summed E-state index contributed by atoms with van der Waals surface area (Å²) >= 11 is 3.32. The first-order chi connectivity index (χ1) is 12.1. The van der Waals surface area contributed by atoms with Crippen LogP contribution in [0.3, 0.4) is 0 Å². The smallest absolute Gasteiger partial charge is 0.252 e. The van der Waals surface area contributed by atoms with Crippen LogP contribution in [0.2, 0.25) is 0 Å². The van der Waals surface area contributed by atoms with Crippen LogP contribution in [0.25, 0.3) is 0 Å². The van der Waals surface area contributed by atoms with E-state index in [2.05, 4.69) is 26.0 Å². The molecule has 0 aliphatic heterocycles. The summed E-state index contributed by atoms with van der Waals surface area (Å²) in [5, 5.41) is 2.81. The fourth-order valence-corrected chi connectivity index (χ4v) is 4.18. The molecule has 0 heterocycles. The van der Waals surface area contributed by atoms with Crippen molar-refractivity contribution in [3.8, 4) is 0 Å². The van der Waals surface area contributed by atoms with Gasteiger partial charge in [0.15, 0.2) is 0 Å². The van der Waals surface area contributed by atoms with Gasteiger partial charge in [-0.1, -0.05) is 0 Å². The predicted molar refractivity (Wildman–Crippen MR) is 105 cm³/mol. The molecule has 0 saturated heterocycles. The fourth-order valence-electron chi connectivity index (χ4n) is 2.31. The third kappa shape index (κ3) is 6.98. The number of benzene rings is 1. The van der Waals surface area contributed by atoms with Gasteiger partial charge in [0, 0.05) is 29.8 Å². The van der Waals surface area contributed by atoms with Crippen LogP contribution in [0.1, 0.15) is 50.4 Å². The van der Waals surface area contributed by atoms with E-state index in [-0.39, 0.29) is 10.8 Å². The number of nitrogens with one attached hydrogen (secondary N) is 2. The van der Waals surface area contributed by atoms with E-state index >= 15 is 0 Å². The van der Waals surface area contributed by atoms with Crippen molar-refractivity contribution >= 4 is 31.9 Å². The fraction of sp³-hybridized carbons (Fsp3) is 0.611. The minimum Gasteiger partial charge on any atom is -0.381 e. The standard InChI is InChI=1S/C18H27BrN2O4S/c1-18(2,3)21-26(23,24)14-7-8-16(19)15(11-14)17(22)20-9-4-10-25-12-13-5-6-13/h7-8,11,13,21H,4-6,9-10,12H2,1-3H3,(H,20,22). The van der Waals surface area contributed by atoms with Crippen molar-refractivity contribution in [1.82, 2.24) is 10.0 Å². The lowest BCUT2D eigenvalue weighted by molar-refractivity contribution is 0.0936. The Labute approximate surface area is 164 Å². The molecular weight excluding hydrogens is 420 g/mol. The first-order valence-electron chi connectivity index (χ1n) is 8.78. The van der Waals surface area contributed by atoms with E-state index < -0.39 is 15.6 Å². The second kappa shape index (κ2) is 8.82. The molecule has 8 heteroatoms. The first kappa shape index (κ1) is 21.3. The quantitative estimate of drug-likeness (QED) is 0.570. The Morgan fingerprint density at radius 3 is 2.62 bits per heavy atom. The summed E-state index contributed by atoms with van der Waals surface area (Å²) in [6.45, 7) is 7.20. The molecule has 0 spiro atoms. The van der Waals surface area contributed by atoms with Crippen molar-refractivity contribution in [2.24, 2.45) is 5.92 Å². The van der Waals surface area contributed by atoms with Gasteiger partial charge in [-0.2, -0.15) is 0 Å². The summed E-state index contributed by atoms with van der Waals surface area (Å²) in [4.78, 5) is 12.4. The van der Waals surface area contributed by atoms with E-state index in [1.54, 1.807) is 26.8 Å². The number of amides is 1. The lowest BCUT2D eigenvalue weighted by Crippen LogP contribution is -2.40. The molecule has 1 aromatic rings. The van der Waals surface area contributed by atoms with Crippen LogP contribution in [-0.4, -0.2) is 39.6 Å². The van der Waals surface area contributed by atoms with Gasteiger partial charge >= 0.3 is 0 Å². The van der Waals surface area contributed by atoms with Gasteiger partial charge in [0.25, 0.3) is 5.91 Å². The molecule has 0 aromatic heterocycles. The molecule has 26 heavy (non-hydrogen) atoms. The van der Waals surface area contributed by atoms with Crippen molar-refractivity contribution < 1.29 is 17.9 Å². The minimum atomic E-state index is -3.70. The zero-order valence-electron chi connectivity index (χ0n) is 15.5. The van der Waals surface area contributed by atoms with Gasteiger partial charge in [0.2, 0.25) is 10.0 Å². The van der Waals surface area contributed by atoms with E-state index in [0.717, 1.165) is 18.9 Å². The number of sulfonamides is 1. The maximum absolute atomic E-state index is 12.5. The average Bonchev–Trinajstić information content (AvgIpc) is 3.32. The highest BCUT2D eigenvalue weighted by molar-refractivity contribution is 9.10. The van der Waals surface area contributed by atoms with Gasteiger partial charge in [-0.15, -0.1) is 0 Å². The van der Waals surface area contributed by atoms with Gasteiger partial charge in [-0.3, -0.25) is 4.79 Å². The lowest BCUT2D eigenvalue weighted by atomic mass is 10.1. The second-order valence-electron chi connectivity index (χ2n) is 7.62. The molecule has 2 N–H and O–H groups in total. The highest BCUT2D eigenvalue weighted by Gasteiger charge is 2.24. The van der Waals surface area contributed by atoms with Crippen molar-refractivity contribution in [3.05, 3.63) is 28.2 Å². The van der Waals surface area contributed by atoms with Crippen LogP contribution in [-0.2, 0) is 14.8 Å². The van der Waals surface area contributed by atoms with Crippen molar-refractivity contribution in [2.75, 3.05) is 19.8 Å². The summed E-state index contributed by atoms with van der Waals surface area (Å²) < 4.78 is 33.6. The van der Waals surface area contributed by atoms with Gasteiger partial charge in [-0.05, 0) is 80.1 Å². The molecule has 1 aliphatic carbocycles. The number of hydrogen-bond donors (Lipinski definition) is 2. The molecule has 146 valence electrons. The summed E-state index contributed by atoms with van der Waals surface area (Å²) in [5.41, 5.74) is -0.310. The molecule has 0 unspecified atom stereocenters. The van der Waals surface area contributed by atoms with Gasteiger partial charge in [0.1, 0.15) is 0 Å². The summed E-state index contributed by atoms with van der Waals surface area (Å²) in [6, 6.07) is 4.43. The van der Waals surface area contributed by atoms with Crippen molar-refractivity contribution in [2.45, 2.75) is 50.5 Å². The zero-order valence-corrected chi connectivity index (χ0v) is 17.9. The van der Waals surface area contributed by atoms with E-state index in [0.29, 0.717) is 23.2 Å². The first-order valence-corrected chi connectivity index (χ1v) is 11.1. The molecule has 2 rings (SSSR count). The van der Waals surface area contributed by atoms with Gasteiger partial charge in [0.05, 0.1) is 10.5 Å². The highest BCUT2D eigenvalue weighted by atomic mass is 79.9. The number of rotatable bonds is 9. The predicted octanol–water partition coefficient (Wildman–Crippen LogP) is 3.07. The van der Waals surface area contributed by atoms with E-state index in [9.17, 15) is 13.2 Å². The maximum atomic E-state index is 12.5. The van der Waals surface area contributed by atoms with E-state index in [4.69, 9.17) is 4.74 Å². The number of halogens is 1. The Bertz CT molecular complexity index is 740. The Hall–Kier alpha value is -0.960. The zero-order chi connectivity index (χ0) is 19.4. The van der Waals surface area contributed by atoms with E-state index in [1.807, 2.05) is 0 Å². The number of hydrogen-bond acceptors (Lipinski definition) is 4. The Morgan fingerprint density at radius 1 is 1.31 bits per heavy atom. The molecule has 1 aliphatic rings. The third-order valence-electron chi connectivity index (χ3n) is 3.73. The Morgan fingerprint density at radius 2 is 2.00 bits per heavy atom. The molecule has 0 atom stereocenters. The monoisotopic (exact) mass is 446 g/mol. The van der Waals surface area contributed by atoms with Crippen LogP contribution in [0.5, 0.6) is 0 Å². The molecule has 1 amide bonds. The Balaban J connectivity index is 1.93. The Kier molecular flexibility index (Phi) is 7.24. The summed E-state index contributed by atoms with van der Waals surface area (Å²) in [7, 11) is -3.70. The normalized spacial score (nSPS) is 15.1. The number of carbonyl (C=O) groups is 1. The molecule has 1 fully saturated rings. The van der Waals surface area contributed by atoms with Crippen LogP contribution in [0.4, 0.5) is 0 Å². The molecule has 0 radical (unpaired) electrons. The van der Waals surface area contributed by atoms with Crippen LogP contribution in [0.15, 0.2) is 27.6 Å². The van der Waals surface area contributed by atoms with Crippen molar-refractivity contribution in [3.63, 3.8) is 0 Å². The minimum absolute atomic E-state index is 0.0635. The maximum Gasteiger partial charge on any atom is 0.252 e. The molecule has 6 nitrogen and oxygen atoms in total. The number of carbonyl (C=O) groups excluding carboxylic acids is 1. The lowest BCUT2D eigenvalue weighted by Gasteiger charge is -2.20. The van der Waals surface area contributed by atoms with E-state index in [1.165, 1.54) is 25.0 Å². The molecule has 1 aromatic carbocycles. The number of ether oxygens (including phenoxy) is 1. The highest BCUT2D eigenvalue weighted by Crippen LogP contribution is 2.28.